The smallest absolute Gasteiger partial charge is 0.325 e. The molecule has 19 heavy (non-hydrogen) atoms. The normalized spacial score (nSPS) is 12.4. The van der Waals surface area contributed by atoms with Crippen LogP contribution in [0.3, 0.4) is 0 Å². The highest BCUT2D eigenvalue weighted by Gasteiger charge is 2.21. The van der Waals surface area contributed by atoms with Gasteiger partial charge in [0.2, 0.25) is 5.91 Å². The summed E-state index contributed by atoms with van der Waals surface area (Å²) >= 11 is 0. The largest absolute Gasteiger partial charge is 0.480 e. The molecule has 0 radical (unpaired) electrons. The van der Waals surface area contributed by atoms with E-state index in [0.717, 1.165) is 12.8 Å². The molecule has 1 unspecified atom stereocenters. The molecule has 1 rings (SSSR count). The molecule has 0 fully saturated rings. The lowest BCUT2D eigenvalue weighted by Gasteiger charge is -2.19. The number of anilines is 1. The maximum absolute atomic E-state index is 12.0. The third-order valence-corrected chi connectivity index (χ3v) is 3.36. The fourth-order valence-electron chi connectivity index (χ4n) is 2.10. The maximum Gasteiger partial charge on any atom is 0.325 e. The van der Waals surface area contributed by atoms with Crippen molar-refractivity contribution in [1.29, 1.82) is 0 Å². The van der Waals surface area contributed by atoms with E-state index in [9.17, 15) is 9.59 Å². The van der Waals surface area contributed by atoms with Gasteiger partial charge >= 0.3 is 5.97 Å². The number of carboxylic acids is 1. The molecule has 1 aromatic heterocycles. The molecule has 0 aliphatic rings. The fraction of sp³-hybridized carbons (Fsp3) is 0.615. The van der Waals surface area contributed by atoms with E-state index >= 15 is 0 Å². The lowest BCUT2D eigenvalue weighted by Crippen LogP contribution is -2.26. The summed E-state index contributed by atoms with van der Waals surface area (Å²) < 4.78 is 1.28. The first-order valence-corrected chi connectivity index (χ1v) is 6.54. The van der Waals surface area contributed by atoms with Gasteiger partial charge in [0.25, 0.3) is 0 Å². The molecule has 0 bridgehead atoms. The van der Waals surface area contributed by atoms with E-state index in [1.165, 1.54) is 10.9 Å². The molecule has 0 aromatic carbocycles. The first-order valence-electron chi connectivity index (χ1n) is 6.54. The van der Waals surface area contributed by atoms with Gasteiger partial charge in [-0.1, -0.05) is 33.6 Å². The van der Waals surface area contributed by atoms with Crippen LogP contribution in [-0.2, 0) is 16.1 Å². The number of rotatable bonds is 7. The van der Waals surface area contributed by atoms with Crippen LogP contribution in [0.4, 0.5) is 5.82 Å². The lowest BCUT2D eigenvalue weighted by atomic mass is 9.89. The van der Waals surface area contributed by atoms with Crippen molar-refractivity contribution in [2.75, 3.05) is 5.32 Å². The predicted molar refractivity (Wildman–Crippen MR) is 71.7 cm³/mol. The standard InChI is InChI=1S/C13H21N3O3/c1-4-10(5-2)9(3)13(19)14-11-6-7-16(15-11)8-12(17)18/h6-7,9-10H,4-5,8H2,1-3H3,(H,17,18)(H,14,15,19). The van der Waals surface area contributed by atoms with Crippen LogP contribution in [0, 0.1) is 11.8 Å². The molecule has 1 amide bonds. The van der Waals surface area contributed by atoms with Gasteiger partial charge < -0.3 is 10.4 Å². The average molecular weight is 267 g/mol. The molecule has 6 nitrogen and oxygen atoms in total. The highest BCUT2D eigenvalue weighted by Crippen LogP contribution is 2.20. The second kappa shape index (κ2) is 6.92. The number of nitrogens with zero attached hydrogens (tertiary/aromatic N) is 2. The van der Waals surface area contributed by atoms with Gasteiger partial charge in [0.05, 0.1) is 0 Å². The second-order valence-electron chi connectivity index (χ2n) is 4.65. The third-order valence-electron chi connectivity index (χ3n) is 3.36. The number of hydrogen-bond acceptors (Lipinski definition) is 3. The Morgan fingerprint density at radius 3 is 2.58 bits per heavy atom. The number of amides is 1. The topological polar surface area (TPSA) is 84.2 Å². The van der Waals surface area contributed by atoms with Gasteiger partial charge in [-0.15, -0.1) is 0 Å². The van der Waals surface area contributed by atoms with Crippen LogP contribution in [0.5, 0.6) is 0 Å². The Balaban J connectivity index is 2.61. The Morgan fingerprint density at radius 1 is 1.42 bits per heavy atom. The van der Waals surface area contributed by atoms with Crippen molar-refractivity contribution in [2.45, 2.75) is 40.2 Å². The highest BCUT2D eigenvalue weighted by molar-refractivity contribution is 5.91. The highest BCUT2D eigenvalue weighted by atomic mass is 16.4. The zero-order valence-electron chi connectivity index (χ0n) is 11.6. The van der Waals surface area contributed by atoms with Gasteiger partial charge in [-0.2, -0.15) is 5.10 Å². The zero-order valence-corrected chi connectivity index (χ0v) is 11.6. The first kappa shape index (κ1) is 15.2. The van der Waals surface area contributed by atoms with Crippen LogP contribution in [0.1, 0.15) is 33.6 Å². The third kappa shape index (κ3) is 4.39. The van der Waals surface area contributed by atoms with Crippen LogP contribution >= 0.6 is 0 Å². The summed E-state index contributed by atoms with van der Waals surface area (Å²) in [7, 11) is 0. The summed E-state index contributed by atoms with van der Waals surface area (Å²) in [5.74, 6) is -0.384. The predicted octanol–water partition coefficient (Wildman–Crippen LogP) is 1.98. The van der Waals surface area contributed by atoms with Gasteiger partial charge in [0.15, 0.2) is 5.82 Å². The number of carboxylic acid groups (broad SMARTS) is 1. The van der Waals surface area contributed by atoms with Gasteiger partial charge in [0, 0.05) is 18.2 Å². The van der Waals surface area contributed by atoms with Crippen LogP contribution in [0.25, 0.3) is 0 Å². The van der Waals surface area contributed by atoms with Gasteiger partial charge in [-0.3, -0.25) is 14.3 Å². The van der Waals surface area contributed by atoms with Gasteiger partial charge in [-0.25, -0.2) is 0 Å². The number of carbonyl (C=O) groups excluding carboxylic acids is 1. The molecule has 0 aliphatic heterocycles. The molecule has 0 saturated heterocycles. The summed E-state index contributed by atoms with van der Waals surface area (Å²) in [6.07, 6.45) is 3.45. The molecule has 0 spiro atoms. The van der Waals surface area contributed by atoms with Gasteiger partial charge in [-0.05, 0) is 5.92 Å². The van der Waals surface area contributed by atoms with Crippen molar-refractivity contribution in [3.63, 3.8) is 0 Å². The molecule has 6 heteroatoms. The van der Waals surface area contributed by atoms with Crippen LogP contribution in [-0.4, -0.2) is 26.8 Å². The summed E-state index contributed by atoms with van der Waals surface area (Å²) in [5.41, 5.74) is 0. The lowest BCUT2D eigenvalue weighted by molar-refractivity contribution is -0.137. The van der Waals surface area contributed by atoms with E-state index in [1.54, 1.807) is 6.07 Å². The van der Waals surface area contributed by atoms with Crippen molar-refractivity contribution in [2.24, 2.45) is 11.8 Å². The number of carbonyl (C=O) groups is 2. The average Bonchev–Trinajstić information content (AvgIpc) is 2.76. The Hall–Kier alpha value is -1.85. The number of aromatic nitrogens is 2. The van der Waals surface area contributed by atoms with Crippen molar-refractivity contribution >= 4 is 17.7 Å². The minimum absolute atomic E-state index is 0.0747. The number of hydrogen-bond donors (Lipinski definition) is 2. The minimum Gasteiger partial charge on any atom is -0.480 e. The number of aliphatic carboxylic acids is 1. The Labute approximate surface area is 112 Å². The Morgan fingerprint density at radius 2 is 2.05 bits per heavy atom. The van der Waals surface area contributed by atoms with Crippen molar-refractivity contribution in [3.8, 4) is 0 Å². The molecular weight excluding hydrogens is 246 g/mol. The monoisotopic (exact) mass is 267 g/mol. The van der Waals surface area contributed by atoms with E-state index < -0.39 is 5.97 Å². The molecule has 2 N–H and O–H groups in total. The molecule has 0 saturated carbocycles. The first-order chi connectivity index (χ1) is 8.97. The Bertz CT molecular complexity index is 438. The van der Waals surface area contributed by atoms with Crippen molar-refractivity contribution in [1.82, 2.24) is 9.78 Å². The van der Waals surface area contributed by atoms with E-state index in [2.05, 4.69) is 24.3 Å². The summed E-state index contributed by atoms with van der Waals surface area (Å²) in [6.45, 7) is 5.83. The van der Waals surface area contributed by atoms with Gasteiger partial charge in [0.1, 0.15) is 6.54 Å². The molecule has 0 aliphatic carbocycles. The Kier molecular flexibility index (Phi) is 5.54. The molecule has 1 aromatic rings. The van der Waals surface area contributed by atoms with Crippen LogP contribution in [0.15, 0.2) is 12.3 Å². The SMILES string of the molecule is CCC(CC)C(C)C(=O)Nc1ccn(CC(=O)O)n1. The van der Waals surface area contributed by atoms with E-state index in [0.29, 0.717) is 11.7 Å². The van der Waals surface area contributed by atoms with Crippen molar-refractivity contribution in [3.05, 3.63) is 12.3 Å². The maximum atomic E-state index is 12.0. The minimum atomic E-state index is -0.966. The summed E-state index contributed by atoms with van der Waals surface area (Å²) in [6, 6.07) is 1.60. The molecule has 106 valence electrons. The summed E-state index contributed by atoms with van der Waals surface area (Å²) in [5, 5.41) is 15.3. The van der Waals surface area contributed by atoms with Crippen molar-refractivity contribution < 1.29 is 14.7 Å². The fourth-order valence-corrected chi connectivity index (χ4v) is 2.10. The second-order valence-corrected chi connectivity index (χ2v) is 4.65. The van der Waals surface area contributed by atoms with E-state index in [1.807, 2.05) is 6.92 Å². The van der Waals surface area contributed by atoms with Crippen LogP contribution < -0.4 is 5.32 Å². The van der Waals surface area contributed by atoms with Crippen LogP contribution in [0.2, 0.25) is 0 Å². The molecule has 1 heterocycles. The van der Waals surface area contributed by atoms with E-state index in [-0.39, 0.29) is 18.4 Å². The molecule has 1 atom stereocenters. The quantitative estimate of drug-likeness (QED) is 0.791. The summed E-state index contributed by atoms with van der Waals surface area (Å²) in [4.78, 5) is 22.6. The molecular formula is C13H21N3O3. The number of nitrogens with one attached hydrogen (secondary N) is 1. The van der Waals surface area contributed by atoms with E-state index in [4.69, 9.17) is 5.11 Å². The zero-order chi connectivity index (χ0) is 14.4.